The molecule has 1 aromatic carbocycles. The Morgan fingerprint density at radius 3 is 3.00 bits per heavy atom. The highest BCUT2D eigenvalue weighted by Crippen LogP contribution is 2.21. The normalized spacial score (nSPS) is 15.8. The number of benzene rings is 1. The van der Waals surface area contributed by atoms with Crippen molar-refractivity contribution in [3.8, 4) is 0 Å². The summed E-state index contributed by atoms with van der Waals surface area (Å²) in [6, 6.07) is 5.15. The zero-order valence-electron chi connectivity index (χ0n) is 10.3. The van der Waals surface area contributed by atoms with E-state index in [1.165, 1.54) is 0 Å². The quantitative estimate of drug-likeness (QED) is 0.872. The molecule has 0 saturated heterocycles. The Morgan fingerprint density at radius 2 is 2.28 bits per heavy atom. The van der Waals surface area contributed by atoms with Crippen molar-refractivity contribution in [3.63, 3.8) is 0 Å². The van der Waals surface area contributed by atoms with Gasteiger partial charge in [0.1, 0.15) is 5.82 Å². The van der Waals surface area contributed by atoms with E-state index in [0.717, 1.165) is 43.0 Å². The lowest BCUT2D eigenvalue weighted by atomic mass is 10.2. The monoisotopic (exact) mass is 245 g/mol. The van der Waals surface area contributed by atoms with E-state index in [4.69, 9.17) is 5.11 Å². The van der Waals surface area contributed by atoms with Crippen molar-refractivity contribution in [2.24, 2.45) is 0 Å². The van der Waals surface area contributed by atoms with E-state index in [9.17, 15) is 4.79 Å². The number of carbonyl (C=O) groups is 1. The summed E-state index contributed by atoms with van der Waals surface area (Å²) in [6.07, 6.45) is 0. The number of hydrogen-bond acceptors (Lipinski definition) is 3. The van der Waals surface area contributed by atoms with Crippen LogP contribution in [0, 0.1) is 0 Å². The smallest absolute Gasteiger partial charge is 0.335 e. The number of carboxylic acids is 1. The van der Waals surface area contributed by atoms with Crippen molar-refractivity contribution in [1.82, 2.24) is 14.5 Å². The van der Waals surface area contributed by atoms with Gasteiger partial charge >= 0.3 is 5.97 Å². The molecule has 94 valence electrons. The Morgan fingerprint density at radius 1 is 1.44 bits per heavy atom. The molecule has 0 atom stereocenters. The number of fused-ring (bicyclic) bond motifs is 3. The summed E-state index contributed by atoms with van der Waals surface area (Å²) in [5, 5.41) is 8.98. The number of nitrogens with zero attached hydrogens (tertiary/aromatic N) is 3. The van der Waals surface area contributed by atoms with Gasteiger partial charge in [-0.2, -0.15) is 0 Å². The Kier molecular flexibility index (Phi) is 2.56. The highest BCUT2D eigenvalue weighted by molar-refractivity contribution is 5.92. The number of imidazole rings is 1. The van der Waals surface area contributed by atoms with Gasteiger partial charge < -0.3 is 9.67 Å². The third kappa shape index (κ3) is 1.67. The van der Waals surface area contributed by atoms with Gasteiger partial charge in [-0.25, -0.2) is 9.78 Å². The molecule has 2 heterocycles. The molecule has 5 nitrogen and oxygen atoms in total. The van der Waals surface area contributed by atoms with Crippen LogP contribution in [0.5, 0.6) is 0 Å². The maximum absolute atomic E-state index is 10.9. The van der Waals surface area contributed by atoms with Gasteiger partial charge in [0.15, 0.2) is 0 Å². The fraction of sp³-hybridized carbons (Fsp3) is 0.385. The van der Waals surface area contributed by atoms with Crippen LogP contribution >= 0.6 is 0 Å². The summed E-state index contributed by atoms with van der Waals surface area (Å²) in [5.41, 5.74) is 2.11. The van der Waals surface area contributed by atoms with Crippen LogP contribution in [0.15, 0.2) is 18.2 Å². The van der Waals surface area contributed by atoms with E-state index >= 15 is 0 Å². The molecule has 1 aromatic heterocycles. The highest BCUT2D eigenvalue weighted by Gasteiger charge is 2.19. The van der Waals surface area contributed by atoms with Crippen molar-refractivity contribution in [2.75, 3.05) is 13.1 Å². The number of aromatic carboxylic acids is 1. The van der Waals surface area contributed by atoms with Gasteiger partial charge in [0.2, 0.25) is 0 Å². The molecule has 0 bridgehead atoms. The number of likely N-dealkylation sites (N-methyl/N-ethyl adjacent to an activating group) is 1. The summed E-state index contributed by atoms with van der Waals surface area (Å²) >= 11 is 0. The second kappa shape index (κ2) is 4.10. The van der Waals surface area contributed by atoms with Crippen LogP contribution < -0.4 is 0 Å². The van der Waals surface area contributed by atoms with Gasteiger partial charge in [-0.15, -0.1) is 0 Å². The van der Waals surface area contributed by atoms with Crippen LogP contribution in [0.2, 0.25) is 0 Å². The van der Waals surface area contributed by atoms with Crippen molar-refractivity contribution in [1.29, 1.82) is 0 Å². The first-order valence-electron chi connectivity index (χ1n) is 6.14. The molecule has 0 amide bonds. The second-order valence-electron chi connectivity index (χ2n) is 4.56. The molecule has 1 aliphatic heterocycles. The standard InChI is InChI=1S/C13H15N3O2/c1-2-15-5-6-16-11-4-3-9(13(17)18)7-10(11)14-12(16)8-15/h3-4,7H,2,5-6,8H2,1H3,(H,17,18). The molecule has 18 heavy (non-hydrogen) atoms. The third-order valence-electron chi connectivity index (χ3n) is 3.53. The number of aromatic nitrogens is 2. The minimum Gasteiger partial charge on any atom is -0.478 e. The van der Waals surface area contributed by atoms with E-state index in [1.807, 2.05) is 6.07 Å². The topological polar surface area (TPSA) is 58.4 Å². The van der Waals surface area contributed by atoms with E-state index in [-0.39, 0.29) is 0 Å². The van der Waals surface area contributed by atoms with Crippen LogP contribution in [0.4, 0.5) is 0 Å². The van der Waals surface area contributed by atoms with Crippen molar-refractivity contribution in [3.05, 3.63) is 29.6 Å². The van der Waals surface area contributed by atoms with Crippen LogP contribution in [-0.4, -0.2) is 38.6 Å². The molecular formula is C13H15N3O2. The van der Waals surface area contributed by atoms with Crippen LogP contribution in [0.25, 0.3) is 11.0 Å². The fourth-order valence-electron chi connectivity index (χ4n) is 2.47. The van der Waals surface area contributed by atoms with E-state index in [1.54, 1.807) is 12.1 Å². The third-order valence-corrected chi connectivity index (χ3v) is 3.53. The Balaban J connectivity index is 2.09. The van der Waals surface area contributed by atoms with E-state index in [0.29, 0.717) is 5.56 Å². The summed E-state index contributed by atoms with van der Waals surface area (Å²) in [4.78, 5) is 17.8. The molecule has 3 rings (SSSR count). The van der Waals surface area contributed by atoms with Crippen LogP contribution in [0.1, 0.15) is 23.1 Å². The molecule has 1 N–H and O–H groups in total. The van der Waals surface area contributed by atoms with Crippen LogP contribution in [-0.2, 0) is 13.1 Å². The first-order chi connectivity index (χ1) is 8.69. The predicted molar refractivity (Wildman–Crippen MR) is 67.6 cm³/mol. The fourth-order valence-corrected chi connectivity index (χ4v) is 2.47. The minimum absolute atomic E-state index is 0.297. The molecule has 5 heteroatoms. The molecule has 0 fully saturated rings. The Bertz CT molecular complexity index is 618. The highest BCUT2D eigenvalue weighted by atomic mass is 16.4. The van der Waals surface area contributed by atoms with E-state index in [2.05, 4.69) is 21.4 Å². The zero-order chi connectivity index (χ0) is 12.7. The molecular weight excluding hydrogens is 230 g/mol. The van der Waals surface area contributed by atoms with Crippen molar-refractivity contribution in [2.45, 2.75) is 20.0 Å². The van der Waals surface area contributed by atoms with E-state index < -0.39 is 5.97 Å². The molecule has 0 unspecified atom stereocenters. The molecule has 1 aliphatic rings. The zero-order valence-corrected chi connectivity index (χ0v) is 10.3. The lowest BCUT2D eigenvalue weighted by Gasteiger charge is -2.26. The first-order valence-corrected chi connectivity index (χ1v) is 6.14. The summed E-state index contributed by atoms with van der Waals surface area (Å²) in [6.45, 7) is 5.94. The average molecular weight is 245 g/mol. The Hall–Kier alpha value is -1.88. The molecule has 0 aliphatic carbocycles. The van der Waals surface area contributed by atoms with Crippen LogP contribution in [0.3, 0.4) is 0 Å². The molecule has 2 aromatic rings. The van der Waals surface area contributed by atoms with Crippen molar-refractivity contribution < 1.29 is 9.90 Å². The number of carboxylic acid groups (broad SMARTS) is 1. The summed E-state index contributed by atoms with van der Waals surface area (Å²) in [5.74, 6) is 0.124. The molecule has 0 spiro atoms. The maximum Gasteiger partial charge on any atom is 0.335 e. The summed E-state index contributed by atoms with van der Waals surface area (Å²) < 4.78 is 2.19. The predicted octanol–water partition coefficient (Wildman–Crippen LogP) is 1.57. The van der Waals surface area contributed by atoms with Gasteiger partial charge in [-0.05, 0) is 24.7 Å². The summed E-state index contributed by atoms with van der Waals surface area (Å²) in [7, 11) is 0. The number of rotatable bonds is 2. The van der Waals surface area contributed by atoms with Gasteiger partial charge in [-0.3, -0.25) is 4.90 Å². The second-order valence-corrected chi connectivity index (χ2v) is 4.56. The average Bonchev–Trinajstić information content (AvgIpc) is 2.74. The lowest BCUT2D eigenvalue weighted by molar-refractivity contribution is 0.0697. The van der Waals surface area contributed by atoms with Gasteiger partial charge in [-0.1, -0.05) is 6.92 Å². The largest absolute Gasteiger partial charge is 0.478 e. The lowest BCUT2D eigenvalue weighted by Crippen LogP contribution is -2.33. The molecule has 0 radical (unpaired) electrons. The van der Waals surface area contributed by atoms with Crippen molar-refractivity contribution >= 4 is 17.0 Å². The minimum atomic E-state index is -0.905. The Labute approximate surface area is 105 Å². The van der Waals surface area contributed by atoms with Gasteiger partial charge in [0.05, 0.1) is 23.1 Å². The number of hydrogen-bond donors (Lipinski definition) is 1. The van der Waals surface area contributed by atoms with Gasteiger partial charge in [0.25, 0.3) is 0 Å². The SMILES string of the molecule is CCN1CCn2c(nc3cc(C(=O)O)ccc32)C1. The maximum atomic E-state index is 10.9. The first kappa shape index (κ1) is 11.2. The van der Waals surface area contributed by atoms with Gasteiger partial charge in [0, 0.05) is 13.1 Å². The molecule has 0 saturated carbocycles.